The van der Waals surface area contributed by atoms with Gasteiger partial charge in [0.2, 0.25) is 0 Å². The molecule has 0 fully saturated rings. The average molecular weight is 235 g/mol. The van der Waals surface area contributed by atoms with Crippen LogP contribution in [0.4, 0.5) is 0 Å². The van der Waals surface area contributed by atoms with Crippen LogP contribution in [0.25, 0.3) is 0 Å². The van der Waals surface area contributed by atoms with Crippen LogP contribution in [0.1, 0.15) is 32.3 Å². The van der Waals surface area contributed by atoms with Gasteiger partial charge in [0.05, 0.1) is 6.61 Å². The van der Waals surface area contributed by atoms with Gasteiger partial charge in [0, 0.05) is 12.0 Å². The van der Waals surface area contributed by atoms with Crippen LogP contribution in [0, 0.1) is 0 Å². The summed E-state index contributed by atoms with van der Waals surface area (Å²) in [6.07, 6.45) is 2.94. The third kappa shape index (κ3) is 2.91. The van der Waals surface area contributed by atoms with Gasteiger partial charge in [-0.05, 0) is 39.3 Å². The van der Waals surface area contributed by atoms with Gasteiger partial charge >= 0.3 is 0 Å². The predicted molar refractivity (Wildman–Crippen MR) is 68.6 cm³/mol. The molecule has 1 aliphatic heterocycles. The maximum Gasteiger partial charge on any atom is 0.165 e. The van der Waals surface area contributed by atoms with Crippen molar-refractivity contribution < 1.29 is 9.47 Å². The van der Waals surface area contributed by atoms with E-state index in [2.05, 4.69) is 19.9 Å². The van der Waals surface area contributed by atoms with Gasteiger partial charge in [-0.1, -0.05) is 12.1 Å². The van der Waals surface area contributed by atoms with Crippen molar-refractivity contribution in [1.29, 1.82) is 0 Å². The zero-order chi connectivity index (χ0) is 12.3. The third-order valence-electron chi connectivity index (χ3n) is 2.91. The van der Waals surface area contributed by atoms with Gasteiger partial charge in [-0.2, -0.15) is 0 Å². The van der Waals surface area contributed by atoms with Crippen molar-refractivity contribution in [3.63, 3.8) is 0 Å². The molecule has 1 aromatic carbocycles. The molecule has 2 N–H and O–H groups in total. The van der Waals surface area contributed by atoms with Gasteiger partial charge in [-0.3, -0.25) is 0 Å². The van der Waals surface area contributed by atoms with Crippen molar-refractivity contribution in [3.05, 3.63) is 23.8 Å². The normalized spacial score (nSPS) is 16.4. The minimum Gasteiger partial charge on any atom is -0.490 e. The van der Waals surface area contributed by atoms with Crippen LogP contribution in [0.5, 0.6) is 11.5 Å². The number of rotatable bonds is 5. The van der Waals surface area contributed by atoms with E-state index in [9.17, 15) is 0 Å². The molecule has 17 heavy (non-hydrogen) atoms. The zero-order valence-electron chi connectivity index (χ0n) is 10.7. The van der Waals surface area contributed by atoms with E-state index < -0.39 is 0 Å². The largest absolute Gasteiger partial charge is 0.490 e. The molecule has 0 radical (unpaired) electrons. The van der Waals surface area contributed by atoms with E-state index in [-0.39, 0.29) is 5.60 Å². The second kappa shape index (κ2) is 4.96. The topological polar surface area (TPSA) is 44.5 Å². The number of unbranched alkanes of at least 4 members (excludes halogenated alkanes) is 1. The van der Waals surface area contributed by atoms with Gasteiger partial charge in [0.15, 0.2) is 11.5 Å². The molecule has 0 aromatic heterocycles. The quantitative estimate of drug-likeness (QED) is 0.798. The number of nitrogens with two attached hydrogens (primary N) is 1. The van der Waals surface area contributed by atoms with E-state index in [1.165, 1.54) is 5.56 Å². The lowest BCUT2D eigenvalue weighted by atomic mass is 10.0. The predicted octanol–water partition coefficient (Wildman–Crippen LogP) is 2.52. The monoisotopic (exact) mass is 235 g/mol. The Bertz CT molecular complexity index is 388. The Hall–Kier alpha value is -1.22. The smallest absolute Gasteiger partial charge is 0.165 e. The number of fused-ring (bicyclic) bond motifs is 1. The van der Waals surface area contributed by atoms with Crippen molar-refractivity contribution in [3.8, 4) is 11.5 Å². The highest BCUT2D eigenvalue weighted by atomic mass is 16.5. The van der Waals surface area contributed by atoms with Crippen LogP contribution in [-0.2, 0) is 6.42 Å². The first-order valence-electron chi connectivity index (χ1n) is 6.26. The number of para-hydroxylation sites is 1. The summed E-state index contributed by atoms with van der Waals surface area (Å²) in [7, 11) is 0. The fraction of sp³-hybridized carbons (Fsp3) is 0.571. The molecule has 1 aromatic rings. The zero-order valence-corrected chi connectivity index (χ0v) is 10.7. The lowest BCUT2D eigenvalue weighted by molar-refractivity contribution is 0.132. The van der Waals surface area contributed by atoms with E-state index in [0.29, 0.717) is 6.61 Å². The minimum absolute atomic E-state index is 0.112. The van der Waals surface area contributed by atoms with Crippen LogP contribution < -0.4 is 15.2 Å². The van der Waals surface area contributed by atoms with Crippen LogP contribution in [0.2, 0.25) is 0 Å². The molecule has 0 unspecified atom stereocenters. The van der Waals surface area contributed by atoms with Crippen molar-refractivity contribution >= 4 is 0 Å². The number of hydrogen-bond acceptors (Lipinski definition) is 3. The third-order valence-corrected chi connectivity index (χ3v) is 2.91. The Morgan fingerprint density at radius 3 is 2.94 bits per heavy atom. The summed E-state index contributed by atoms with van der Waals surface area (Å²) in [6, 6.07) is 6.11. The Balaban J connectivity index is 2.03. The number of ether oxygens (including phenoxy) is 2. The molecular formula is C14H21NO2. The van der Waals surface area contributed by atoms with E-state index in [1.807, 2.05) is 12.1 Å². The highest BCUT2D eigenvalue weighted by Crippen LogP contribution is 2.41. The summed E-state index contributed by atoms with van der Waals surface area (Å²) in [6.45, 7) is 5.63. The molecular weight excluding hydrogens is 214 g/mol. The van der Waals surface area contributed by atoms with Crippen LogP contribution in [0.15, 0.2) is 18.2 Å². The Morgan fingerprint density at radius 1 is 1.35 bits per heavy atom. The van der Waals surface area contributed by atoms with Crippen molar-refractivity contribution in [2.24, 2.45) is 5.73 Å². The second-order valence-electron chi connectivity index (χ2n) is 5.13. The van der Waals surface area contributed by atoms with Crippen LogP contribution in [0.3, 0.4) is 0 Å². The van der Waals surface area contributed by atoms with Crippen molar-refractivity contribution in [2.45, 2.75) is 38.7 Å². The Morgan fingerprint density at radius 2 is 2.18 bits per heavy atom. The maximum atomic E-state index is 5.93. The molecule has 0 spiro atoms. The summed E-state index contributed by atoms with van der Waals surface area (Å²) in [5.74, 6) is 1.79. The summed E-state index contributed by atoms with van der Waals surface area (Å²) in [5, 5.41) is 0. The van der Waals surface area contributed by atoms with Crippen LogP contribution in [-0.4, -0.2) is 18.8 Å². The molecule has 0 saturated heterocycles. The molecule has 94 valence electrons. The first kappa shape index (κ1) is 12.2. The molecule has 0 amide bonds. The Kier molecular flexibility index (Phi) is 3.57. The Labute approximate surface area is 103 Å². The van der Waals surface area contributed by atoms with E-state index >= 15 is 0 Å². The first-order valence-corrected chi connectivity index (χ1v) is 6.26. The molecule has 0 bridgehead atoms. The molecule has 0 aliphatic carbocycles. The SMILES string of the molecule is CC1(C)Cc2cccc(OCCCCN)c2O1. The van der Waals surface area contributed by atoms with Gasteiger partial charge in [-0.25, -0.2) is 0 Å². The molecule has 2 rings (SSSR count). The maximum absolute atomic E-state index is 5.93. The number of benzene rings is 1. The molecule has 0 atom stereocenters. The van der Waals surface area contributed by atoms with Gasteiger partial charge in [0.25, 0.3) is 0 Å². The summed E-state index contributed by atoms with van der Waals surface area (Å²) in [5.41, 5.74) is 6.58. The summed E-state index contributed by atoms with van der Waals surface area (Å²) in [4.78, 5) is 0. The van der Waals surface area contributed by atoms with E-state index in [0.717, 1.165) is 37.3 Å². The lowest BCUT2D eigenvalue weighted by Gasteiger charge is -2.18. The first-order chi connectivity index (χ1) is 8.12. The van der Waals surface area contributed by atoms with Gasteiger partial charge < -0.3 is 15.2 Å². The summed E-state index contributed by atoms with van der Waals surface area (Å²) >= 11 is 0. The molecule has 1 aliphatic rings. The lowest BCUT2D eigenvalue weighted by Crippen LogP contribution is -2.24. The molecule has 1 heterocycles. The highest BCUT2D eigenvalue weighted by molar-refractivity contribution is 5.50. The standard InChI is InChI=1S/C14H21NO2/c1-14(2)10-11-6-5-7-12(13(11)17-14)16-9-4-3-8-15/h5-7H,3-4,8-10,15H2,1-2H3. The number of hydrogen-bond donors (Lipinski definition) is 1. The fourth-order valence-electron chi connectivity index (χ4n) is 2.13. The highest BCUT2D eigenvalue weighted by Gasteiger charge is 2.32. The molecule has 3 heteroatoms. The van der Waals surface area contributed by atoms with Crippen LogP contribution >= 0.6 is 0 Å². The fourth-order valence-corrected chi connectivity index (χ4v) is 2.13. The minimum atomic E-state index is -0.112. The average Bonchev–Trinajstić information content (AvgIpc) is 2.59. The second-order valence-corrected chi connectivity index (χ2v) is 5.13. The van der Waals surface area contributed by atoms with Gasteiger partial charge in [-0.15, -0.1) is 0 Å². The molecule has 0 saturated carbocycles. The summed E-state index contributed by atoms with van der Waals surface area (Å²) < 4.78 is 11.7. The van der Waals surface area contributed by atoms with E-state index in [4.69, 9.17) is 15.2 Å². The van der Waals surface area contributed by atoms with E-state index in [1.54, 1.807) is 0 Å². The van der Waals surface area contributed by atoms with Gasteiger partial charge in [0.1, 0.15) is 5.60 Å². The van der Waals surface area contributed by atoms with Crippen molar-refractivity contribution in [1.82, 2.24) is 0 Å². The molecule has 3 nitrogen and oxygen atoms in total. The van der Waals surface area contributed by atoms with Crippen molar-refractivity contribution in [2.75, 3.05) is 13.2 Å².